The van der Waals surface area contributed by atoms with Crippen LogP contribution in [0.1, 0.15) is 37.8 Å². The molecule has 4 rings (SSSR count). The van der Waals surface area contributed by atoms with Crippen molar-refractivity contribution in [3.8, 4) is 11.5 Å². The maximum absolute atomic E-state index is 13.1. The molecule has 1 N–H and O–H groups in total. The highest BCUT2D eigenvalue weighted by atomic mass is 31.2. The van der Waals surface area contributed by atoms with Crippen molar-refractivity contribution in [3.05, 3.63) is 59.7 Å². The molecule has 2 fully saturated rings. The number of phenolic OH excluding ortho intramolecular Hbond substituents is 1. The third kappa shape index (κ3) is 3.88. The molecule has 0 aromatic heterocycles. The third-order valence-corrected chi connectivity index (χ3v) is 7.95. The molecular formula is C22H27N2O3P. The van der Waals surface area contributed by atoms with Crippen molar-refractivity contribution in [2.24, 2.45) is 0 Å². The number of allylic oxidation sites excluding steroid dienone is 2. The Bertz CT molecular complexity index is 898. The van der Waals surface area contributed by atoms with Crippen LogP contribution >= 0.6 is 7.67 Å². The average molecular weight is 398 g/mol. The topological polar surface area (TPSA) is 52.5 Å². The molecule has 0 aliphatic carbocycles. The normalized spacial score (nSPS) is 17.9. The monoisotopic (exact) mass is 398 g/mol. The molecular weight excluding hydrogens is 371 g/mol. The lowest BCUT2D eigenvalue weighted by Gasteiger charge is -2.21. The molecule has 2 aliphatic rings. The summed E-state index contributed by atoms with van der Waals surface area (Å²) < 4.78 is 23.0. The molecule has 2 aromatic carbocycles. The van der Waals surface area contributed by atoms with E-state index in [0.717, 1.165) is 50.1 Å². The predicted octanol–water partition coefficient (Wildman–Crippen LogP) is 5.24. The van der Waals surface area contributed by atoms with E-state index >= 15 is 0 Å². The Hall–Kier alpha value is -2.07. The molecule has 2 saturated heterocycles. The standard InChI is InChI=1S/C22H27N2O3P/c1-3-21(17-5-9-19(25)10-6-17)22(4-2)18-7-11-20(12-8-18)27-28(26,23-13-14-23)24-15-16-24/h5-12,25H,3-4,13-16H2,1-2H3. The van der Waals surface area contributed by atoms with Gasteiger partial charge in [-0.05, 0) is 59.4 Å². The summed E-state index contributed by atoms with van der Waals surface area (Å²) in [6.07, 6.45) is 1.82. The van der Waals surface area contributed by atoms with E-state index in [0.29, 0.717) is 5.75 Å². The van der Waals surface area contributed by atoms with Gasteiger partial charge in [-0.25, -0.2) is 13.9 Å². The summed E-state index contributed by atoms with van der Waals surface area (Å²) in [6.45, 7) is 7.70. The molecule has 0 amide bonds. The van der Waals surface area contributed by atoms with Crippen molar-refractivity contribution >= 4 is 18.8 Å². The van der Waals surface area contributed by atoms with Gasteiger partial charge in [0.05, 0.1) is 0 Å². The van der Waals surface area contributed by atoms with Crippen molar-refractivity contribution in [3.63, 3.8) is 0 Å². The Morgan fingerprint density at radius 1 is 0.857 bits per heavy atom. The van der Waals surface area contributed by atoms with Crippen molar-refractivity contribution in [1.29, 1.82) is 0 Å². The Kier molecular flexibility index (Phi) is 5.33. The van der Waals surface area contributed by atoms with Crippen LogP contribution < -0.4 is 4.52 Å². The van der Waals surface area contributed by atoms with Gasteiger partial charge >= 0.3 is 7.67 Å². The van der Waals surface area contributed by atoms with E-state index in [-0.39, 0.29) is 5.75 Å². The minimum atomic E-state index is -2.86. The smallest absolute Gasteiger partial charge is 0.395 e. The van der Waals surface area contributed by atoms with Gasteiger partial charge in [-0.1, -0.05) is 38.1 Å². The highest BCUT2D eigenvalue weighted by Gasteiger charge is 2.50. The predicted molar refractivity (Wildman–Crippen MR) is 113 cm³/mol. The largest absolute Gasteiger partial charge is 0.508 e. The molecule has 6 heteroatoms. The summed E-state index contributed by atoms with van der Waals surface area (Å²) >= 11 is 0. The number of benzene rings is 2. The molecule has 28 heavy (non-hydrogen) atoms. The quantitative estimate of drug-likeness (QED) is 0.374. The van der Waals surface area contributed by atoms with E-state index in [9.17, 15) is 9.67 Å². The lowest BCUT2D eigenvalue weighted by atomic mass is 9.91. The molecule has 0 spiro atoms. The fraction of sp³-hybridized carbons (Fsp3) is 0.364. The van der Waals surface area contributed by atoms with Gasteiger partial charge in [0.25, 0.3) is 0 Å². The molecule has 148 valence electrons. The number of nitrogens with zero attached hydrogens (tertiary/aromatic N) is 2. The van der Waals surface area contributed by atoms with Gasteiger partial charge in [0.1, 0.15) is 11.5 Å². The molecule has 2 aromatic rings. The zero-order chi connectivity index (χ0) is 19.7. The van der Waals surface area contributed by atoms with Gasteiger partial charge < -0.3 is 9.63 Å². The Morgan fingerprint density at radius 3 is 1.68 bits per heavy atom. The van der Waals surface area contributed by atoms with Gasteiger partial charge in [0.15, 0.2) is 0 Å². The van der Waals surface area contributed by atoms with E-state index in [1.807, 2.05) is 33.6 Å². The van der Waals surface area contributed by atoms with E-state index < -0.39 is 7.67 Å². The second-order valence-corrected chi connectivity index (χ2v) is 9.52. The summed E-state index contributed by atoms with van der Waals surface area (Å²) in [6, 6.07) is 15.3. The van der Waals surface area contributed by atoms with Crippen molar-refractivity contribution in [1.82, 2.24) is 9.34 Å². The Morgan fingerprint density at radius 2 is 1.29 bits per heavy atom. The molecule has 5 nitrogen and oxygen atoms in total. The second-order valence-electron chi connectivity index (χ2n) is 7.22. The summed E-state index contributed by atoms with van der Waals surface area (Å²) in [7, 11) is -2.86. The molecule has 0 atom stereocenters. The fourth-order valence-electron chi connectivity index (χ4n) is 3.59. The zero-order valence-electron chi connectivity index (χ0n) is 16.5. The van der Waals surface area contributed by atoms with Crippen molar-refractivity contribution < 1.29 is 14.2 Å². The van der Waals surface area contributed by atoms with E-state index in [1.165, 1.54) is 11.1 Å². The average Bonchev–Trinajstić information content (AvgIpc) is 3.59. The first kappa shape index (κ1) is 19.3. The number of hydrogen-bond acceptors (Lipinski definition) is 3. The first-order valence-corrected chi connectivity index (χ1v) is 11.5. The van der Waals surface area contributed by atoms with E-state index in [4.69, 9.17) is 4.52 Å². The van der Waals surface area contributed by atoms with Gasteiger partial charge in [-0.15, -0.1) is 0 Å². The van der Waals surface area contributed by atoms with Crippen molar-refractivity contribution in [2.75, 3.05) is 26.2 Å². The lowest BCUT2D eigenvalue weighted by Crippen LogP contribution is -2.10. The highest BCUT2D eigenvalue weighted by Crippen LogP contribution is 2.60. The molecule has 2 aliphatic heterocycles. The molecule has 0 radical (unpaired) electrons. The van der Waals surface area contributed by atoms with Gasteiger partial charge in [-0.3, -0.25) is 0 Å². The minimum Gasteiger partial charge on any atom is -0.508 e. The molecule has 0 bridgehead atoms. The number of rotatable bonds is 8. The van der Waals surface area contributed by atoms with Crippen LogP contribution in [0.5, 0.6) is 11.5 Å². The van der Waals surface area contributed by atoms with Crippen LogP contribution in [0.15, 0.2) is 48.5 Å². The van der Waals surface area contributed by atoms with Crippen LogP contribution in [0.4, 0.5) is 0 Å². The molecule has 0 unspecified atom stereocenters. The van der Waals surface area contributed by atoms with E-state index in [1.54, 1.807) is 12.1 Å². The summed E-state index contributed by atoms with van der Waals surface area (Å²) in [5.74, 6) is 0.935. The van der Waals surface area contributed by atoms with Crippen LogP contribution in [0.2, 0.25) is 0 Å². The van der Waals surface area contributed by atoms with Gasteiger partial charge in [-0.2, -0.15) is 0 Å². The Balaban J connectivity index is 1.60. The molecule has 2 heterocycles. The lowest BCUT2D eigenvalue weighted by molar-refractivity contribution is 0.410. The van der Waals surface area contributed by atoms with Crippen LogP contribution in [0.3, 0.4) is 0 Å². The maximum Gasteiger partial charge on any atom is 0.395 e. The number of aromatic hydroxyl groups is 1. The first-order valence-electron chi connectivity index (χ1n) is 9.97. The SMILES string of the molecule is CCC(=C(CC)c1ccc(OP(=O)(N2CC2)N2CC2)cc1)c1ccc(O)cc1. The Labute approximate surface area is 166 Å². The third-order valence-electron chi connectivity index (χ3n) is 5.28. The maximum atomic E-state index is 13.1. The second kappa shape index (κ2) is 7.75. The van der Waals surface area contributed by atoms with Gasteiger partial charge in [0, 0.05) is 26.2 Å². The number of phenols is 1. The van der Waals surface area contributed by atoms with Crippen LogP contribution in [0.25, 0.3) is 11.1 Å². The highest BCUT2D eigenvalue weighted by molar-refractivity contribution is 7.55. The van der Waals surface area contributed by atoms with Crippen molar-refractivity contribution in [2.45, 2.75) is 26.7 Å². The van der Waals surface area contributed by atoms with Crippen LogP contribution in [0, 0.1) is 0 Å². The number of hydrogen-bond donors (Lipinski definition) is 1. The minimum absolute atomic E-state index is 0.279. The molecule has 0 saturated carbocycles. The fourth-order valence-corrected chi connectivity index (χ4v) is 5.76. The summed E-state index contributed by atoms with van der Waals surface area (Å²) in [5.41, 5.74) is 4.83. The van der Waals surface area contributed by atoms with Gasteiger partial charge in [0.2, 0.25) is 0 Å². The van der Waals surface area contributed by atoms with Crippen LogP contribution in [-0.4, -0.2) is 40.6 Å². The van der Waals surface area contributed by atoms with Crippen LogP contribution in [-0.2, 0) is 4.57 Å². The first-order chi connectivity index (χ1) is 13.5. The zero-order valence-corrected chi connectivity index (χ0v) is 17.4. The van der Waals surface area contributed by atoms with E-state index in [2.05, 4.69) is 26.0 Å². The summed E-state index contributed by atoms with van der Waals surface area (Å²) in [4.78, 5) is 0. The summed E-state index contributed by atoms with van der Waals surface area (Å²) in [5, 5.41) is 9.57.